The Hall–Kier alpha value is -2.61. The molecule has 20 heavy (non-hydrogen) atoms. The van der Waals surface area contributed by atoms with Crippen LogP contribution < -0.4 is 4.57 Å². The first kappa shape index (κ1) is 11.2. The van der Waals surface area contributed by atoms with E-state index in [2.05, 4.69) is 70.7 Å². The van der Waals surface area contributed by atoms with Crippen LogP contribution in [0.2, 0.25) is 0 Å². The van der Waals surface area contributed by atoms with Crippen molar-refractivity contribution in [3.63, 3.8) is 0 Å². The van der Waals surface area contributed by atoms with Crippen LogP contribution in [-0.4, -0.2) is 4.98 Å². The smallest absolute Gasteiger partial charge is 0.239 e. The minimum absolute atomic E-state index is 0.805. The van der Waals surface area contributed by atoms with Gasteiger partial charge in [0, 0.05) is 11.5 Å². The number of hydrogen-bond acceptors (Lipinski definition) is 0. The molecule has 0 radical (unpaired) electrons. The van der Waals surface area contributed by atoms with Crippen molar-refractivity contribution < 1.29 is 4.57 Å². The highest BCUT2D eigenvalue weighted by Crippen LogP contribution is 2.25. The molecule has 96 valence electrons. The van der Waals surface area contributed by atoms with Gasteiger partial charge >= 0.3 is 0 Å². The first-order valence-corrected chi connectivity index (χ1v) is 6.81. The number of fused-ring (bicyclic) bond motifs is 4. The van der Waals surface area contributed by atoms with E-state index in [9.17, 15) is 0 Å². The summed E-state index contributed by atoms with van der Waals surface area (Å²) in [5.74, 6) is 0. The summed E-state index contributed by atoms with van der Waals surface area (Å²) in [6, 6.07) is 19.2. The van der Waals surface area contributed by atoms with Gasteiger partial charge in [-0.2, -0.15) is 4.57 Å². The van der Waals surface area contributed by atoms with Crippen molar-refractivity contribution >= 4 is 32.8 Å². The van der Waals surface area contributed by atoms with Crippen molar-refractivity contribution in [3.8, 4) is 0 Å². The molecule has 2 heteroatoms. The minimum atomic E-state index is 0.805. The zero-order chi connectivity index (χ0) is 13.5. The Morgan fingerprint density at radius 2 is 1.80 bits per heavy atom. The molecule has 0 aliphatic carbocycles. The summed E-state index contributed by atoms with van der Waals surface area (Å²) in [6.45, 7) is 4.71. The van der Waals surface area contributed by atoms with Gasteiger partial charge in [-0.1, -0.05) is 30.8 Å². The van der Waals surface area contributed by atoms with Gasteiger partial charge in [-0.3, -0.25) is 0 Å². The summed E-state index contributed by atoms with van der Waals surface area (Å²) >= 11 is 0. The Balaban J connectivity index is 2.29. The van der Waals surface area contributed by atoms with E-state index in [1.165, 1.54) is 32.8 Å². The standard InChI is InChI=1S/C18H14N2/c1-2-11-20-17-10-6-3-7-13(17)12-16-18(20)14-8-4-5-9-15(14)19-16/h2-10,12H,1,11H2/p+1. The van der Waals surface area contributed by atoms with Crippen LogP contribution in [0.3, 0.4) is 0 Å². The number of allylic oxidation sites excluding steroid dienone is 1. The molecule has 2 nitrogen and oxygen atoms in total. The van der Waals surface area contributed by atoms with Gasteiger partial charge in [-0.15, -0.1) is 0 Å². The molecule has 4 aromatic rings. The molecule has 0 amide bonds. The molecule has 0 bridgehead atoms. The average molecular weight is 259 g/mol. The summed E-state index contributed by atoms with van der Waals surface area (Å²) in [5, 5.41) is 2.50. The first-order chi connectivity index (χ1) is 9.88. The summed E-state index contributed by atoms with van der Waals surface area (Å²) < 4.78 is 2.33. The lowest BCUT2D eigenvalue weighted by atomic mass is 10.1. The van der Waals surface area contributed by atoms with Crippen LogP contribution in [0.5, 0.6) is 0 Å². The third-order valence-electron chi connectivity index (χ3n) is 3.82. The summed E-state index contributed by atoms with van der Waals surface area (Å²) in [7, 11) is 0. The van der Waals surface area contributed by atoms with E-state index in [1.54, 1.807) is 0 Å². The van der Waals surface area contributed by atoms with Crippen molar-refractivity contribution in [2.75, 3.05) is 0 Å². The highest BCUT2D eigenvalue weighted by molar-refractivity contribution is 6.05. The Labute approximate surface area is 117 Å². The van der Waals surface area contributed by atoms with E-state index in [4.69, 9.17) is 0 Å². The maximum atomic E-state index is 3.90. The second-order valence-corrected chi connectivity index (χ2v) is 5.04. The van der Waals surface area contributed by atoms with Gasteiger partial charge < -0.3 is 4.98 Å². The van der Waals surface area contributed by atoms with E-state index in [1.807, 2.05) is 6.08 Å². The molecule has 2 aromatic heterocycles. The lowest BCUT2D eigenvalue weighted by Crippen LogP contribution is -2.34. The van der Waals surface area contributed by atoms with Crippen molar-refractivity contribution in [3.05, 3.63) is 67.3 Å². The normalized spacial score (nSPS) is 11.4. The number of pyridine rings is 1. The lowest BCUT2D eigenvalue weighted by Gasteiger charge is -2.01. The number of benzene rings is 2. The Kier molecular flexibility index (Phi) is 2.36. The van der Waals surface area contributed by atoms with E-state index in [0.717, 1.165) is 6.54 Å². The summed E-state index contributed by atoms with van der Waals surface area (Å²) in [4.78, 5) is 3.51. The zero-order valence-corrected chi connectivity index (χ0v) is 11.1. The minimum Gasteiger partial charge on any atom is -0.349 e. The van der Waals surface area contributed by atoms with Crippen LogP contribution in [0.15, 0.2) is 67.3 Å². The average Bonchev–Trinajstić information content (AvgIpc) is 2.85. The number of nitrogens with zero attached hydrogens (tertiary/aromatic N) is 1. The largest absolute Gasteiger partial charge is 0.349 e. The number of aromatic amines is 1. The van der Waals surface area contributed by atoms with Crippen molar-refractivity contribution in [1.82, 2.24) is 4.98 Å². The fourth-order valence-corrected chi connectivity index (χ4v) is 2.99. The van der Waals surface area contributed by atoms with Crippen LogP contribution in [0.25, 0.3) is 32.8 Å². The molecule has 4 rings (SSSR count). The molecule has 0 saturated heterocycles. The number of aromatic nitrogens is 2. The molecule has 0 saturated carbocycles. The Morgan fingerprint density at radius 1 is 1.00 bits per heavy atom. The Bertz CT molecular complexity index is 948. The Morgan fingerprint density at radius 3 is 2.70 bits per heavy atom. The molecule has 0 aliphatic rings. The van der Waals surface area contributed by atoms with Crippen LogP contribution in [-0.2, 0) is 6.54 Å². The second kappa shape index (κ2) is 4.20. The summed E-state index contributed by atoms with van der Waals surface area (Å²) in [6.07, 6.45) is 1.95. The number of H-pyrrole nitrogens is 1. The van der Waals surface area contributed by atoms with Crippen molar-refractivity contribution in [2.24, 2.45) is 0 Å². The van der Waals surface area contributed by atoms with Crippen molar-refractivity contribution in [2.45, 2.75) is 6.54 Å². The molecular formula is C18H15N2+. The van der Waals surface area contributed by atoms with E-state index in [-0.39, 0.29) is 0 Å². The maximum absolute atomic E-state index is 3.90. The number of nitrogens with one attached hydrogen (secondary N) is 1. The van der Waals surface area contributed by atoms with Crippen LogP contribution in [0.4, 0.5) is 0 Å². The van der Waals surface area contributed by atoms with Crippen LogP contribution in [0.1, 0.15) is 0 Å². The second-order valence-electron chi connectivity index (χ2n) is 5.04. The van der Waals surface area contributed by atoms with Crippen LogP contribution >= 0.6 is 0 Å². The molecule has 1 N–H and O–H groups in total. The van der Waals surface area contributed by atoms with E-state index >= 15 is 0 Å². The lowest BCUT2D eigenvalue weighted by molar-refractivity contribution is -0.633. The molecule has 2 aromatic carbocycles. The van der Waals surface area contributed by atoms with Gasteiger partial charge in [-0.25, -0.2) is 0 Å². The molecule has 0 aliphatic heterocycles. The molecular weight excluding hydrogens is 244 g/mol. The van der Waals surface area contributed by atoms with Gasteiger partial charge in [0.15, 0.2) is 6.54 Å². The van der Waals surface area contributed by atoms with Gasteiger partial charge in [0.25, 0.3) is 0 Å². The molecule has 0 atom stereocenters. The van der Waals surface area contributed by atoms with Crippen molar-refractivity contribution in [1.29, 1.82) is 0 Å². The fourth-order valence-electron chi connectivity index (χ4n) is 2.99. The van der Waals surface area contributed by atoms with Gasteiger partial charge in [0.1, 0.15) is 5.52 Å². The monoisotopic (exact) mass is 259 g/mol. The molecule has 0 fully saturated rings. The summed E-state index contributed by atoms with van der Waals surface area (Å²) in [5.41, 5.74) is 4.84. The third-order valence-corrected chi connectivity index (χ3v) is 3.82. The first-order valence-electron chi connectivity index (χ1n) is 6.81. The van der Waals surface area contributed by atoms with E-state index in [0.29, 0.717) is 0 Å². The topological polar surface area (TPSA) is 19.7 Å². The van der Waals surface area contributed by atoms with E-state index < -0.39 is 0 Å². The third kappa shape index (κ3) is 1.48. The number of para-hydroxylation sites is 2. The highest BCUT2D eigenvalue weighted by Gasteiger charge is 2.18. The predicted molar refractivity (Wildman–Crippen MR) is 83.7 cm³/mol. The molecule has 0 unspecified atom stereocenters. The number of hydrogen-bond donors (Lipinski definition) is 1. The number of rotatable bonds is 2. The molecule has 0 spiro atoms. The van der Waals surface area contributed by atoms with Gasteiger partial charge in [0.05, 0.1) is 10.9 Å². The SMILES string of the molecule is C=CC[n+]1c2ccccc2cc2[nH]c3ccccc3c21. The van der Waals surface area contributed by atoms with Crippen LogP contribution in [0, 0.1) is 0 Å². The maximum Gasteiger partial charge on any atom is 0.239 e. The zero-order valence-electron chi connectivity index (χ0n) is 11.1. The molecule has 2 heterocycles. The highest BCUT2D eigenvalue weighted by atomic mass is 15.0. The predicted octanol–water partition coefficient (Wildman–Crippen LogP) is 3.95. The fraction of sp³-hybridized carbons (Fsp3) is 0.0556. The van der Waals surface area contributed by atoms with Gasteiger partial charge in [-0.05, 0) is 30.3 Å². The quantitative estimate of drug-likeness (QED) is 0.415. The van der Waals surface area contributed by atoms with Gasteiger partial charge in [0.2, 0.25) is 11.0 Å².